The van der Waals surface area contributed by atoms with E-state index in [2.05, 4.69) is 11.0 Å². The second kappa shape index (κ2) is 8.46. The highest BCUT2D eigenvalue weighted by atomic mass is 19.4. The van der Waals surface area contributed by atoms with Crippen LogP contribution in [0.2, 0.25) is 0 Å². The van der Waals surface area contributed by atoms with Crippen molar-refractivity contribution >= 4 is 16.7 Å². The number of alkyl halides is 3. The zero-order valence-electron chi connectivity index (χ0n) is 17.0. The van der Waals surface area contributed by atoms with Crippen molar-refractivity contribution in [3.05, 3.63) is 42.0 Å². The summed E-state index contributed by atoms with van der Waals surface area (Å²) in [4.78, 5) is 13.7. The Bertz CT molecular complexity index is 900. The van der Waals surface area contributed by atoms with Crippen LogP contribution in [0.5, 0.6) is 5.75 Å². The van der Waals surface area contributed by atoms with E-state index in [1.807, 2.05) is 30.3 Å². The fraction of sp³-hybridized carbons (Fsp3) is 0.522. The largest absolute Gasteiger partial charge is 0.490 e. The molecule has 0 N–H and O–H groups in total. The molecule has 0 radical (unpaired) electrons. The molecule has 0 spiro atoms. The van der Waals surface area contributed by atoms with Crippen molar-refractivity contribution in [1.29, 1.82) is 0 Å². The number of methoxy groups -OCH3 is 1. The van der Waals surface area contributed by atoms with Gasteiger partial charge < -0.3 is 9.47 Å². The highest BCUT2D eigenvalue weighted by molar-refractivity contribution is 5.88. The SMILES string of the molecule is COC(=O)C1CN(Cc2ccc3c(OC4CCC(C(F)(F)F)CC4)cccc3c2)C1. The lowest BCUT2D eigenvalue weighted by Gasteiger charge is -2.37. The quantitative estimate of drug-likeness (QED) is 0.641. The molecule has 0 atom stereocenters. The number of carbonyl (C=O) groups excluding carboxylic acids is 1. The monoisotopic (exact) mass is 421 g/mol. The number of carbonyl (C=O) groups is 1. The minimum Gasteiger partial charge on any atom is -0.490 e. The van der Waals surface area contributed by atoms with E-state index >= 15 is 0 Å². The van der Waals surface area contributed by atoms with Gasteiger partial charge in [-0.2, -0.15) is 13.2 Å². The van der Waals surface area contributed by atoms with Crippen molar-refractivity contribution in [1.82, 2.24) is 4.90 Å². The number of hydrogen-bond donors (Lipinski definition) is 0. The van der Waals surface area contributed by atoms with Gasteiger partial charge in [0.2, 0.25) is 0 Å². The van der Waals surface area contributed by atoms with Crippen LogP contribution in [0.25, 0.3) is 10.8 Å². The summed E-state index contributed by atoms with van der Waals surface area (Å²) in [6, 6.07) is 12.0. The normalized spacial score (nSPS) is 23.2. The average molecular weight is 421 g/mol. The molecule has 0 bridgehead atoms. The number of esters is 1. The predicted molar refractivity (Wildman–Crippen MR) is 107 cm³/mol. The molecule has 2 aromatic rings. The Balaban J connectivity index is 1.38. The minimum absolute atomic E-state index is 0.0390. The van der Waals surface area contributed by atoms with Crippen molar-refractivity contribution in [2.24, 2.45) is 11.8 Å². The number of ether oxygens (including phenoxy) is 2. The molecule has 1 aliphatic heterocycles. The molecular formula is C23H26F3NO3. The second-order valence-corrected chi connectivity index (χ2v) is 8.36. The maximum Gasteiger partial charge on any atom is 0.391 e. The maximum atomic E-state index is 12.9. The molecule has 4 rings (SSSR count). The molecule has 2 aliphatic rings. The summed E-state index contributed by atoms with van der Waals surface area (Å²) in [6.07, 6.45) is -3.17. The third kappa shape index (κ3) is 4.56. The zero-order chi connectivity index (χ0) is 21.3. The molecule has 0 aromatic heterocycles. The van der Waals surface area contributed by atoms with Crippen molar-refractivity contribution in [3.63, 3.8) is 0 Å². The smallest absolute Gasteiger partial charge is 0.391 e. The molecule has 2 aromatic carbocycles. The predicted octanol–water partition coefficient (Wildman–Crippen LogP) is 4.94. The molecule has 1 saturated carbocycles. The van der Waals surface area contributed by atoms with Crippen LogP contribution >= 0.6 is 0 Å². The standard InChI is InChI=1S/C23H26F3NO3/c1-29-22(28)17-13-27(14-17)12-15-5-10-20-16(11-15)3-2-4-21(20)30-19-8-6-18(7-9-19)23(24,25)26/h2-5,10-11,17-19H,6-9,12-14H2,1H3. The van der Waals surface area contributed by atoms with E-state index in [0.29, 0.717) is 25.9 Å². The van der Waals surface area contributed by atoms with Gasteiger partial charge in [0.25, 0.3) is 0 Å². The molecule has 0 unspecified atom stereocenters. The minimum atomic E-state index is -4.10. The Hall–Kier alpha value is -2.28. The number of fused-ring (bicyclic) bond motifs is 1. The third-order valence-electron chi connectivity index (χ3n) is 6.23. The molecule has 2 fully saturated rings. The van der Waals surface area contributed by atoms with Crippen LogP contribution < -0.4 is 4.74 Å². The molecule has 0 amide bonds. The lowest BCUT2D eigenvalue weighted by Crippen LogP contribution is -2.49. The summed E-state index contributed by atoms with van der Waals surface area (Å²) in [5, 5.41) is 2.01. The van der Waals surface area contributed by atoms with E-state index in [1.54, 1.807) is 0 Å². The van der Waals surface area contributed by atoms with Crippen molar-refractivity contribution in [2.75, 3.05) is 20.2 Å². The number of rotatable bonds is 5. The summed E-state index contributed by atoms with van der Waals surface area (Å²) < 4.78 is 49.5. The van der Waals surface area contributed by atoms with E-state index in [-0.39, 0.29) is 30.8 Å². The number of nitrogens with zero attached hydrogens (tertiary/aromatic N) is 1. The summed E-state index contributed by atoms with van der Waals surface area (Å²) in [5.41, 5.74) is 1.15. The van der Waals surface area contributed by atoms with Crippen LogP contribution in [0.4, 0.5) is 13.2 Å². The lowest BCUT2D eigenvalue weighted by atomic mass is 9.87. The Morgan fingerprint density at radius 2 is 1.83 bits per heavy atom. The van der Waals surface area contributed by atoms with Crippen LogP contribution in [0.15, 0.2) is 36.4 Å². The Morgan fingerprint density at radius 3 is 2.50 bits per heavy atom. The Labute approximate surface area is 173 Å². The van der Waals surface area contributed by atoms with Crippen LogP contribution in [-0.4, -0.2) is 43.3 Å². The van der Waals surface area contributed by atoms with E-state index < -0.39 is 12.1 Å². The fourth-order valence-corrected chi connectivity index (χ4v) is 4.47. The first-order valence-corrected chi connectivity index (χ1v) is 10.4. The van der Waals surface area contributed by atoms with Gasteiger partial charge in [0.1, 0.15) is 5.75 Å². The topological polar surface area (TPSA) is 38.8 Å². The molecular weight excluding hydrogens is 395 g/mol. The second-order valence-electron chi connectivity index (χ2n) is 8.36. The average Bonchev–Trinajstić information content (AvgIpc) is 2.69. The van der Waals surface area contributed by atoms with Gasteiger partial charge in [0.05, 0.1) is 25.0 Å². The molecule has 1 saturated heterocycles. The maximum absolute atomic E-state index is 12.9. The summed E-state index contributed by atoms with van der Waals surface area (Å²) in [6.45, 7) is 2.17. The molecule has 30 heavy (non-hydrogen) atoms. The van der Waals surface area contributed by atoms with Gasteiger partial charge in [-0.3, -0.25) is 9.69 Å². The van der Waals surface area contributed by atoms with Crippen LogP contribution in [-0.2, 0) is 16.1 Å². The summed E-state index contributed by atoms with van der Waals surface area (Å²) in [5.74, 6) is -0.671. The zero-order valence-corrected chi connectivity index (χ0v) is 17.0. The first kappa shape index (κ1) is 21.0. The van der Waals surface area contributed by atoms with Crippen molar-refractivity contribution in [2.45, 2.75) is 44.5 Å². The Morgan fingerprint density at radius 1 is 1.10 bits per heavy atom. The number of likely N-dealkylation sites (tertiary alicyclic amines) is 1. The first-order chi connectivity index (χ1) is 14.3. The van der Waals surface area contributed by atoms with E-state index in [0.717, 1.165) is 28.6 Å². The van der Waals surface area contributed by atoms with Crippen LogP contribution in [0.1, 0.15) is 31.2 Å². The van der Waals surface area contributed by atoms with Crippen molar-refractivity contribution in [3.8, 4) is 5.75 Å². The molecule has 4 nitrogen and oxygen atoms in total. The van der Waals surface area contributed by atoms with E-state index in [1.165, 1.54) is 7.11 Å². The third-order valence-corrected chi connectivity index (χ3v) is 6.23. The molecule has 1 heterocycles. The van der Waals surface area contributed by atoms with E-state index in [9.17, 15) is 18.0 Å². The first-order valence-electron chi connectivity index (χ1n) is 10.4. The Kier molecular flexibility index (Phi) is 5.91. The molecule has 1 aliphatic carbocycles. The van der Waals surface area contributed by atoms with Gasteiger partial charge in [0.15, 0.2) is 0 Å². The van der Waals surface area contributed by atoms with Gasteiger partial charge in [-0.1, -0.05) is 24.3 Å². The summed E-state index contributed by atoms with van der Waals surface area (Å²) in [7, 11) is 1.41. The highest BCUT2D eigenvalue weighted by Crippen LogP contribution is 2.39. The van der Waals surface area contributed by atoms with Crippen LogP contribution in [0, 0.1) is 11.8 Å². The van der Waals surface area contributed by atoms with Gasteiger partial charge in [-0.05, 0) is 48.8 Å². The fourth-order valence-electron chi connectivity index (χ4n) is 4.47. The highest BCUT2D eigenvalue weighted by Gasteiger charge is 2.41. The van der Waals surface area contributed by atoms with E-state index in [4.69, 9.17) is 9.47 Å². The summed E-state index contributed by atoms with van der Waals surface area (Å²) >= 11 is 0. The van der Waals surface area contributed by atoms with Crippen molar-refractivity contribution < 1.29 is 27.4 Å². The number of halogens is 3. The van der Waals surface area contributed by atoms with Gasteiger partial charge >= 0.3 is 12.1 Å². The molecule has 7 heteroatoms. The molecule has 162 valence electrons. The van der Waals surface area contributed by atoms with Crippen LogP contribution in [0.3, 0.4) is 0 Å². The van der Waals surface area contributed by atoms with Gasteiger partial charge in [0, 0.05) is 25.0 Å². The van der Waals surface area contributed by atoms with Gasteiger partial charge in [-0.15, -0.1) is 0 Å². The lowest BCUT2D eigenvalue weighted by molar-refractivity contribution is -0.185. The number of benzene rings is 2. The van der Waals surface area contributed by atoms with Gasteiger partial charge in [-0.25, -0.2) is 0 Å². The number of hydrogen-bond acceptors (Lipinski definition) is 4.